The molecule has 0 unspecified atom stereocenters. The number of fused-ring (bicyclic) bond motifs is 1. The number of aromatic nitrogens is 2. The van der Waals surface area contributed by atoms with Crippen LogP contribution < -0.4 is 20.1 Å². The number of anilines is 1. The molecule has 2 N–H and O–H groups in total. The first-order valence-electron chi connectivity index (χ1n) is 11.5. The minimum absolute atomic E-state index is 0.0872. The number of ether oxygens (including phenoxy) is 2. The summed E-state index contributed by atoms with van der Waals surface area (Å²) in [6.07, 6.45) is 2.49. The monoisotopic (exact) mass is 484 g/mol. The molecule has 182 valence electrons. The maximum Gasteiger partial charge on any atom is 0.274 e. The molecule has 9 nitrogen and oxygen atoms in total. The van der Waals surface area contributed by atoms with Crippen molar-refractivity contribution in [3.63, 3.8) is 0 Å². The van der Waals surface area contributed by atoms with Crippen LogP contribution in [0.15, 0.2) is 71.3 Å². The van der Waals surface area contributed by atoms with Crippen molar-refractivity contribution >= 4 is 17.5 Å². The van der Waals surface area contributed by atoms with E-state index in [4.69, 9.17) is 13.9 Å². The SMILES string of the molecule is Cc1oc(-c2cccc(NC(=O)c3ccccn3)c2)nc1CNC(=O)CCc1ccc2c(c1)OCO2. The van der Waals surface area contributed by atoms with Gasteiger partial charge < -0.3 is 24.5 Å². The molecule has 0 saturated heterocycles. The average molecular weight is 485 g/mol. The summed E-state index contributed by atoms with van der Waals surface area (Å²) < 4.78 is 16.5. The van der Waals surface area contributed by atoms with Crippen LogP contribution in [-0.2, 0) is 17.8 Å². The predicted octanol–water partition coefficient (Wildman–Crippen LogP) is 4.28. The summed E-state index contributed by atoms with van der Waals surface area (Å²) in [6, 6.07) is 18.0. The number of benzene rings is 2. The Kier molecular flexibility index (Phi) is 6.61. The number of carbonyl (C=O) groups is 2. The zero-order chi connectivity index (χ0) is 24.9. The Bertz CT molecular complexity index is 1400. The van der Waals surface area contributed by atoms with Crippen LogP contribution in [0.4, 0.5) is 5.69 Å². The van der Waals surface area contributed by atoms with E-state index in [0.29, 0.717) is 52.9 Å². The van der Waals surface area contributed by atoms with Gasteiger partial charge in [-0.2, -0.15) is 0 Å². The summed E-state index contributed by atoms with van der Waals surface area (Å²) in [6.45, 7) is 2.28. The van der Waals surface area contributed by atoms with Crippen LogP contribution in [0.1, 0.15) is 33.9 Å². The van der Waals surface area contributed by atoms with Crippen molar-refractivity contribution in [3.05, 3.63) is 89.6 Å². The van der Waals surface area contributed by atoms with E-state index in [1.165, 1.54) is 0 Å². The molecular weight excluding hydrogens is 460 g/mol. The molecule has 0 atom stereocenters. The fraction of sp³-hybridized carbons (Fsp3) is 0.185. The minimum atomic E-state index is -0.305. The number of oxazole rings is 1. The van der Waals surface area contributed by atoms with E-state index in [2.05, 4.69) is 20.6 Å². The number of carbonyl (C=O) groups excluding carboxylic acids is 2. The lowest BCUT2D eigenvalue weighted by Gasteiger charge is -2.05. The van der Waals surface area contributed by atoms with Crippen molar-refractivity contribution in [2.45, 2.75) is 26.3 Å². The van der Waals surface area contributed by atoms with Crippen LogP contribution in [0.25, 0.3) is 11.5 Å². The minimum Gasteiger partial charge on any atom is -0.454 e. The molecular formula is C27H24N4O5. The first kappa shape index (κ1) is 23.1. The molecule has 36 heavy (non-hydrogen) atoms. The zero-order valence-corrected chi connectivity index (χ0v) is 19.6. The number of aryl methyl sites for hydroxylation is 2. The van der Waals surface area contributed by atoms with Gasteiger partial charge in [0.2, 0.25) is 18.6 Å². The Morgan fingerprint density at radius 2 is 1.89 bits per heavy atom. The molecule has 0 fully saturated rings. The number of nitrogens with one attached hydrogen (secondary N) is 2. The maximum absolute atomic E-state index is 12.4. The van der Waals surface area contributed by atoms with Gasteiger partial charge in [-0.1, -0.05) is 18.2 Å². The van der Waals surface area contributed by atoms with Crippen LogP contribution in [0, 0.1) is 6.92 Å². The fourth-order valence-electron chi connectivity index (χ4n) is 3.76. The predicted molar refractivity (Wildman–Crippen MR) is 132 cm³/mol. The van der Waals surface area contributed by atoms with Crippen LogP contribution >= 0.6 is 0 Å². The second kappa shape index (κ2) is 10.3. The molecule has 0 bridgehead atoms. The molecule has 9 heteroatoms. The molecule has 0 aliphatic carbocycles. The first-order chi connectivity index (χ1) is 17.5. The van der Waals surface area contributed by atoms with Crippen molar-refractivity contribution in [2.75, 3.05) is 12.1 Å². The van der Waals surface area contributed by atoms with E-state index >= 15 is 0 Å². The Morgan fingerprint density at radius 3 is 2.75 bits per heavy atom. The highest BCUT2D eigenvalue weighted by molar-refractivity contribution is 6.03. The third-order valence-corrected chi connectivity index (χ3v) is 5.69. The van der Waals surface area contributed by atoms with Gasteiger partial charge in [0, 0.05) is 23.9 Å². The lowest BCUT2D eigenvalue weighted by molar-refractivity contribution is -0.121. The molecule has 0 spiro atoms. The molecule has 0 radical (unpaired) electrons. The quantitative estimate of drug-likeness (QED) is 0.384. The third kappa shape index (κ3) is 5.35. The van der Waals surface area contributed by atoms with Gasteiger partial charge in [0.05, 0.1) is 6.54 Å². The number of hydrogen-bond donors (Lipinski definition) is 2. The van der Waals surface area contributed by atoms with E-state index in [0.717, 1.165) is 11.3 Å². The van der Waals surface area contributed by atoms with Gasteiger partial charge in [0.15, 0.2) is 11.5 Å². The Labute approximate surface area is 207 Å². The van der Waals surface area contributed by atoms with Gasteiger partial charge >= 0.3 is 0 Å². The summed E-state index contributed by atoms with van der Waals surface area (Å²) in [5.74, 6) is 2.06. The van der Waals surface area contributed by atoms with Crippen molar-refractivity contribution in [1.82, 2.24) is 15.3 Å². The number of hydrogen-bond acceptors (Lipinski definition) is 7. The largest absolute Gasteiger partial charge is 0.454 e. The summed E-state index contributed by atoms with van der Waals surface area (Å²) >= 11 is 0. The van der Waals surface area contributed by atoms with E-state index in [-0.39, 0.29) is 25.2 Å². The van der Waals surface area contributed by atoms with Gasteiger partial charge in [-0.15, -0.1) is 0 Å². The van der Waals surface area contributed by atoms with Crippen molar-refractivity contribution in [3.8, 4) is 23.0 Å². The summed E-state index contributed by atoms with van der Waals surface area (Å²) in [4.78, 5) is 33.4. The zero-order valence-electron chi connectivity index (χ0n) is 19.6. The number of rotatable bonds is 8. The lowest BCUT2D eigenvalue weighted by Crippen LogP contribution is -2.23. The van der Waals surface area contributed by atoms with Crippen LogP contribution in [0.5, 0.6) is 11.5 Å². The van der Waals surface area contributed by atoms with Gasteiger partial charge in [-0.25, -0.2) is 4.98 Å². The van der Waals surface area contributed by atoms with Gasteiger partial charge in [0.25, 0.3) is 5.91 Å². The topological polar surface area (TPSA) is 116 Å². The number of nitrogens with zero attached hydrogens (tertiary/aromatic N) is 2. The standard InChI is InChI=1S/C27H24N4O5/c1-17-22(15-29-25(32)11-9-18-8-10-23-24(13-18)35-16-34-23)31-27(36-17)19-5-4-6-20(14-19)30-26(33)21-7-2-3-12-28-21/h2-8,10,12-14H,9,11,15-16H2,1H3,(H,29,32)(H,30,33). The molecule has 0 saturated carbocycles. The van der Waals surface area contributed by atoms with Crippen LogP contribution in [0.2, 0.25) is 0 Å². The molecule has 3 heterocycles. The second-order valence-corrected chi connectivity index (χ2v) is 8.24. The third-order valence-electron chi connectivity index (χ3n) is 5.69. The summed E-state index contributed by atoms with van der Waals surface area (Å²) in [7, 11) is 0. The summed E-state index contributed by atoms with van der Waals surface area (Å²) in [5.41, 5.74) is 3.27. The molecule has 4 aromatic rings. The van der Waals surface area contributed by atoms with Crippen LogP contribution in [-0.4, -0.2) is 28.6 Å². The normalized spacial score (nSPS) is 11.8. The Hall–Kier alpha value is -4.66. The molecule has 2 amide bonds. The second-order valence-electron chi connectivity index (χ2n) is 8.24. The van der Waals surface area contributed by atoms with Gasteiger partial charge in [-0.05, 0) is 61.4 Å². The number of amides is 2. The highest BCUT2D eigenvalue weighted by Gasteiger charge is 2.16. The average Bonchev–Trinajstić information content (AvgIpc) is 3.52. The molecule has 2 aromatic carbocycles. The van der Waals surface area contributed by atoms with E-state index < -0.39 is 0 Å². The van der Waals surface area contributed by atoms with Crippen LogP contribution in [0.3, 0.4) is 0 Å². The first-order valence-corrected chi connectivity index (χ1v) is 11.5. The van der Waals surface area contributed by atoms with E-state index in [1.807, 2.05) is 24.3 Å². The molecule has 5 rings (SSSR count). The van der Waals surface area contributed by atoms with E-state index in [9.17, 15) is 9.59 Å². The van der Waals surface area contributed by atoms with Gasteiger partial charge in [-0.3, -0.25) is 14.6 Å². The molecule has 1 aliphatic heterocycles. The highest BCUT2D eigenvalue weighted by Crippen LogP contribution is 2.32. The molecule has 2 aromatic heterocycles. The maximum atomic E-state index is 12.4. The van der Waals surface area contributed by atoms with E-state index in [1.54, 1.807) is 49.5 Å². The van der Waals surface area contributed by atoms with Gasteiger partial charge in [0.1, 0.15) is 17.1 Å². The highest BCUT2D eigenvalue weighted by atomic mass is 16.7. The Balaban J connectivity index is 1.17. The fourth-order valence-corrected chi connectivity index (χ4v) is 3.76. The lowest BCUT2D eigenvalue weighted by atomic mass is 10.1. The number of pyridine rings is 1. The van der Waals surface area contributed by atoms with Crippen molar-refractivity contribution in [2.24, 2.45) is 0 Å². The van der Waals surface area contributed by atoms with Crippen molar-refractivity contribution in [1.29, 1.82) is 0 Å². The molecule has 1 aliphatic rings. The summed E-state index contributed by atoms with van der Waals surface area (Å²) in [5, 5.41) is 5.73. The smallest absolute Gasteiger partial charge is 0.274 e. The van der Waals surface area contributed by atoms with Crippen molar-refractivity contribution < 1.29 is 23.5 Å². The Morgan fingerprint density at radius 1 is 1.00 bits per heavy atom.